The quantitative estimate of drug-likeness (QED) is 0.800. The molecule has 0 bridgehead atoms. The third kappa shape index (κ3) is 3.93. The van der Waals surface area contributed by atoms with Crippen LogP contribution in [0.4, 0.5) is 0 Å². The molecular formula is C18H26N2O4. The van der Waals surface area contributed by atoms with Crippen molar-refractivity contribution >= 4 is 5.91 Å². The Balaban J connectivity index is 1.64. The van der Waals surface area contributed by atoms with E-state index in [1.165, 1.54) is 32.1 Å². The molecule has 1 amide bonds. The molecule has 6 heteroatoms. The molecule has 3 N–H and O–H groups in total. The van der Waals surface area contributed by atoms with Crippen LogP contribution in [0, 0.1) is 5.92 Å². The highest BCUT2D eigenvalue weighted by Gasteiger charge is 2.24. The number of ether oxygens (including phenoxy) is 3. The Labute approximate surface area is 142 Å². The zero-order valence-electron chi connectivity index (χ0n) is 14.2. The molecular weight excluding hydrogens is 308 g/mol. The summed E-state index contributed by atoms with van der Waals surface area (Å²) >= 11 is 0. The molecule has 1 unspecified atom stereocenters. The second-order valence-corrected chi connectivity index (χ2v) is 6.61. The van der Waals surface area contributed by atoms with Gasteiger partial charge in [0.1, 0.15) is 0 Å². The van der Waals surface area contributed by atoms with Crippen molar-refractivity contribution < 1.29 is 19.0 Å². The molecule has 6 nitrogen and oxygen atoms in total. The number of carbonyl (C=O) groups is 1. The number of nitrogens with two attached hydrogens (primary N) is 1. The van der Waals surface area contributed by atoms with Gasteiger partial charge in [-0.2, -0.15) is 0 Å². The fourth-order valence-electron chi connectivity index (χ4n) is 3.21. The molecule has 1 heterocycles. The Morgan fingerprint density at radius 3 is 2.79 bits per heavy atom. The van der Waals surface area contributed by atoms with E-state index < -0.39 is 6.04 Å². The molecule has 0 aromatic heterocycles. The summed E-state index contributed by atoms with van der Waals surface area (Å²) in [5.74, 6) is 2.35. The Morgan fingerprint density at radius 1 is 1.29 bits per heavy atom. The van der Waals surface area contributed by atoms with Crippen LogP contribution >= 0.6 is 0 Å². The van der Waals surface area contributed by atoms with Crippen molar-refractivity contribution in [2.75, 3.05) is 13.4 Å². The number of hydrogen-bond acceptors (Lipinski definition) is 5. The molecule has 0 radical (unpaired) electrons. The van der Waals surface area contributed by atoms with Crippen molar-refractivity contribution in [2.24, 2.45) is 11.7 Å². The summed E-state index contributed by atoms with van der Waals surface area (Å²) in [4.78, 5) is 11.1. The molecule has 1 aromatic carbocycles. The molecule has 0 saturated heterocycles. The van der Waals surface area contributed by atoms with E-state index in [1.807, 2.05) is 12.1 Å². The van der Waals surface area contributed by atoms with Crippen molar-refractivity contribution in [1.82, 2.24) is 5.32 Å². The van der Waals surface area contributed by atoms with Crippen LogP contribution < -0.4 is 25.3 Å². The maximum absolute atomic E-state index is 11.1. The third-order valence-corrected chi connectivity index (χ3v) is 4.79. The third-order valence-electron chi connectivity index (χ3n) is 4.79. The average molecular weight is 334 g/mol. The number of fused-ring (bicyclic) bond motifs is 1. The lowest BCUT2D eigenvalue weighted by Gasteiger charge is -2.22. The maximum atomic E-state index is 11.1. The number of benzene rings is 1. The second-order valence-electron chi connectivity index (χ2n) is 6.61. The van der Waals surface area contributed by atoms with E-state index in [4.69, 9.17) is 19.9 Å². The second kappa shape index (κ2) is 7.75. The van der Waals surface area contributed by atoms with Gasteiger partial charge in [0.2, 0.25) is 18.4 Å². The Kier molecular flexibility index (Phi) is 5.45. The van der Waals surface area contributed by atoms with Gasteiger partial charge < -0.3 is 25.3 Å². The predicted molar refractivity (Wildman–Crippen MR) is 90.1 cm³/mol. The van der Waals surface area contributed by atoms with Crippen LogP contribution in [-0.2, 0) is 11.3 Å². The fourth-order valence-corrected chi connectivity index (χ4v) is 3.21. The van der Waals surface area contributed by atoms with Crippen LogP contribution in [0.5, 0.6) is 17.2 Å². The highest BCUT2D eigenvalue weighted by atomic mass is 16.7. The van der Waals surface area contributed by atoms with Gasteiger partial charge in [-0.15, -0.1) is 0 Å². The Bertz CT molecular complexity index is 585. The van der Waals surface area contributed by atoms with E-state index in [-0.39, 0.29) is 12.7 Å². The van der Waals surface area contributed by atoms with Crippen LogP contribution in [0.25, 0.3) is 0 Å². The summed E-state index contributed by atoms with van der Waals surface area (Å²) in [6.45, 7) is 3.14. The number of hydrogen-bond donors (Lipinski definition) is 2. The molecule has 1 aliphatic carbocycles. The Morgan fingerprint density at radius 2 is 2.04 bits per heavy atom. The first kappa shape index (κ1) is 16.9. The van der Waals surface area contributed by atoms with Crippen LogP contribution in [0.1, 0.15) is 44.6 Å². The number of amides is 1. The van der Waals surface area contributed by atoms with Gasteiger partial charge in [0, 0.05) is 12.1 Å². The molecule has 1 aromatic rings. The van der Waals surface area contributed by atoms with Gasteiger partial charge in [0.25, 0.3) is 0 Å². The first-order valence-corrected chi connectivity index (χ1v) is 8.72. The lowest BCUT2D eigenvalue weighted by molar-refractivity contribution is -0.119. The summed E-state index contributed by atoms with van der Waals surface area (Å²) < 4.78 is 17.2. The lowest BCUT2D eigenvalue weighted by atomic mass is 9.90. The molecule has 1 atom stereocenters. The first-order chi connectivity index (χ1) is 11.6. The molecule has 0 spiro atoms. The summed E-state index contributed by atoms with van der Waals surface area (Å²) in [5, 5.41) is 3.08. The van der Waals surface area contributed by atoms with Gasteiger partial charge in [-0.3, -0.25) is 4.79 Å². The SMILES string of the molecule is CC(NCc1ccc(OCC2CCCCC2)c2c1OCO2)C(N)=O. The van der Waals surface area contributed by atoms with Crippen LogP contribution in [0.2, 0.25) is 0 Å². The molecule has 132 valence electrons. The topological polar surface area (TPSA) is 82.8 Å². The molecule has 1 saturated carbocycles. The fraction of sp³-hybridized carbons (Fsp3) is 0.611. The minimum Gasteiger partial charge on any atom is -0.489 e. The van der Waals surface area contributed by atoms with Crippen LogP contribution in [0.3, 0.4) is 0 Å². The maximum Gasteiger partial charge on any atom is 0.234 e. The monoisotopic (exact) mass is 334 g/mol. The van der Waals surface area contributed by atoms with Crippen molar-refractivity contribution in [3.05, 3.63) is 17.7 Å². The standard InChI is InChI=1S/C18H26N2O4/c1-12(18(19)21)20-9-14-7-8-15(17-16(14)23-11-24-17)22-10-13-5-3-2-4-6-13/h7-8,12-13,20H,2-6,9-11H2,1H3,(H2,19,21). The van der Waals surface area contributed by atoms with Crippen molar-refractivity contribution in [2.45, 2.75) is 51.6 Å². The van der Waals surface area contributed by atoms with Gasteiger partial charge in [0.05, 0.1) is 12.6 Å². The van der Waals surface area contributed by atoms with E-state index in [0.717, 1.165) is 17.9 Å². The summed E-state index contributed by atoms with van der Waals surface area (Å²) in [7, 11) is 0. The molecule has 1 fully saturated rings. The van der Waals surface area contributed by atoms with Gasteiger partial charge in [-0.05, 0) is 31.7 Å². The van der Waals surface area contributed by atoms with E-state index in [1.54, 1.807) is 6.92 Å². The number of carbonyl (C=O) groups excluding carboxylic acids is 1. The van der Waals surface area contributed by atoms with Crippen molar-refractivity contribution in [3.8, 4) is 17.2 Å². The van der Waals surface area contributed by atoms with E-state index in [0.29, 0.717) is 24.0 Å². The number of rotatable bonds is 7. The largest absolute Gasteiger partial charge is 0.489 e. The zero-order chi connectivity index (χ0) is 16.9. The minimum atomic E-state index is -0.398. The Hall–Kier alpha value is -1.95. The van der Waals surface area contributed by atoms with E-state index in [9.17, 15) is 4.79 Å². The summed E-state index contributed by atoms with van der Waals surface area (Å²) in [6.07, 6.45) is 6.43. The van der Waals surface area contributed by atoms with Gasteiger partial charge in [-0.25, -0.2) is 0 Å². The molecule has 2 aliphatic rings. The lowest BCUT2D eigenvalue weighted by Crippen LogP contribution is -2.38. The van der Waals surface area contributed by atoms with Crippen molar-refractivity contribution in [1.29, 1.82) is 0 Å². The summed E-state index contributed by atoms with van der Waals surface area (Å²) in [6, 6.07) is 3.47. The van der Waals surface area contributed by atoms with Crippen molar-refractivity contribution in [3.63, 3.8) is 0 Å². The number of primary amides is 1. The normalized spacial score (nSPS) is 18.4. The average Bonchev–Trinajstić information content (AvgIpc) is 3.09. The van der Waals surface area contributed by atoms with Crippen LogP contribution in [-0.4, -0.2) is 25.3 Å². The van der Waals surface area contributed by atoms with Crippen LogP contribution in [0.15, 0.2) is 12.1 Å². The highest BCUT2D eigenvalue weighted by molar-refractivity contribution is 5.79. The first-order valence-electron chi connectivity index (χ1n) is 8.72. The van der Waals surface area contributed by atoms with E-state index >= 15 is 0 Å². The number of nitrogens with one attached hydrogen (secondary N) is 1. The van der Waals surface area contributed by atoms with Gasteiger partial charge >= 0.3 is 0 Å². The predicted octanol–water partition coefficient (Wildman–Crippen LogP) is 2.34. The molecule has 24 heavy (non-hydrogen) atoms. The minimum absolute atomic E-state index is 0.192. The highest BCUT2D eigenvalue weighted by Crippen LogP contribution is 2.44. The zero-order valence-corrected chi connectivity index (χ0v) is 14.2. The smallest absolute Gasteiger partial charge is 0.234 e. The van der Waals surface area contributed by atoms with Gasteiger partial charge in [0.15, 0.2) is 11.5 Å². The molecule has 3 rings (SSSR count). The van der Waals surface area contributed by atoms with E-state index in [2.05, 4.69) is 5.32 Å². The molecule has 1 aliphatic heterocycles. The summed E-state index contributed by atoms with van der Waals surface area (Å²) in [5.41, 5.74) is 6.20. The van der Waals surface area contributed by atoms with Gasteiger partial charge in [-0.1, -0.05) is 25.3 Å².